The van der Waals surface area contributed by atoms with E-state index in [0.29, 0.717) is 23.9 Å². The molecule has 0 aliphatic carbocycles. The first kappa shape index (κ1) is 24.5. The molecule has 2 rings (SSSR count). The van der Waals surface area contributed by atoms with Crippen LogP contribution in [0.25, 0.3) is 0 Å². The first-order valence-electron chi connectivity index (χ1n) is 10.1. The third kappa shape index (κ3) is 6.13. The molecule has 0 aliphatic heterocycles. The van der Waals surface area contributed by atoms with Crippen LogP contribution >= 0.6 is 15.9 Å². The summed E-state index contributed by atoms with van der Waals surface area (Å²) in [7, 11) is 3.30. The molecule has 0 saturated carbocycles. The summed E-state index contributed by atoms with van der Waals surface area (Å²) >= 11 is 3.53. The van der Waals surface area contributed by atoms with Crippen molar-refractivity contribution in [3.05, 3.63) is 44.2 Å². The van der Waals surface area contributed by atoms with E-state index in [1.165, 1.54) is 4.90 Å². The predicted molar refractivity (Wildman–Crippen MR) is 126 cm³/mol. The zero-order valence-corrected chi connectivity index (χ0v) is 20.3. The van der Waals surface area contributed by atoms with Gasteiger partial charge in [0, 0.05) is 18.6 Å². The highest BCUT2D eigenvalue weighted by atomic mass is 79.9. The van der Waals surface area contributed by atoms with E-state index in [2.05, 4.69) is 50.4 Å². The van der Waals surface area contributed by atoms with Gasteiger partial charge in [-0.25, -0.2) is 9.97 Å². The van der Waals surface area contributed by atoms with Crippen LogP contribution in [0.4, 0.5) is 23.0 Å². The topological polar surface area (TPSA) is 113 Å². The molecule has 0 saturated heterocycles. The Morgan fingerprint density at radius 1 is 1.26 bits per heavy atom. The first-order chi connectivity index (χ1) is 14.5. The summed E-state index contributed by atoms with van der Waals surface area (Å²) in [6, 6.07) is 5.16. The van der Waals surface area contributed by atoms with Crippen molar-refractivity contribution >= 4 is 44.8 Å². The van der Waals surface area contributed by atoms with Gasteiger partial charge in [0.1, 0.15) is 11.9 Å². The zero-order valence-electron chi connectivity index (χ0n) is 18.7. The monoisotopic (exact) mass is 492 g/mol. The maximum Gasteiger partial charge on any atom is 0.353 e. The van der Waals surface area contributed by atoms with Crippen LogP contribution in [0.1, 0.15) is 50.9 Å². The smallest absolute Gasteiger partial charge is 0.352 e. The number of amides is 1. The fourth-order valence-corrected chi connectivity index (χ4v) is 3.57. The number of nitrogens with zero attached hydrogens (tertiary/aromatic N) is 4. The average molecular weight is 493 g/mol. The zero-order chi connectivity index (χ0) is 23.3. The molecule has 168 valence electrons. The Morgan fingerprint density at radius 2 is 1.90 bits per heavy atom. The minimum Gasteiger partial charge on any atom is -0.352 e. The molecule has 0 radical (unpaired) electrons. The summed E-state index contributed by atoms with van der Waals surface area (Å²) in [6.07, 6.45) is 1.25. The molecule has 1 aromatic heterocycles. The molecule has 2 aromatic rings. The number of aromatic nitrogens is 2. The van der Waals surface area contributed by atoms with E-state index in [1.807, 2.05) is 25.1 Å². The van der Waals surface area contributed by atoms with Gasteiger partial charge in [-0.1, -0.05) is 33.3 Å². The Morgan fingerprint density at radius 3 is 2.42 bits per heavy atom. The van der Waals surface area contributed by atoms with Gasteiger partial charge in [-0.05, 0) is 52.9 Å². The van der Waals surface area contributed by atoms with E-state index in [-0.39, 0.29) is 23.2 Å². The predicted octanol–water partition coefficient (Wildman–Crippen LogP) is 4.99. The van der Waals surface area contributed by atoms with Crippen molar-refractivity contribution in [2.45, 2.75) is 52.5 Å². The number of halogens is 1. The summed E-state index contributed by atoms with van der Waals surface area (Å²) in [5, 5.41) is 18.0. The number of anilines is 3. The van der Waals surface area contributed by atoms with Crippen molar-refractivity contribution < 1.29 is 9.72 Å². The number of hydrogen-bond donors (Lipinski definition) is 2. The number of nitro groups is 1. The summed E-state index contributed by atoms with van der Waals surface area (Å²) < 4.78 is 0.769. The van der Waals surface area contributed by atoms with Crippen LogP contribution in [0.5, 0.6) is 0 Å². The molecule has 1 aromatic carbocycles. The van der Waals surface area contributed by atoms with Gasteiger partial charge in [-0.2, -0.15) is 0 Å². The SMILES string of the molecule is CCCC(Nc1nc(C)nc(Nc2ccc(C(C)C)cc2Br)c1[N+](=O)[O-])C(=O)N(C)C. The summed E-state index contributed by atoms with van der Waals surface area (Å²) in [6.45, 7) is 7.78. The molecule has 1 atom stereocenters. The molecular formula is C21H29BrN6O3. The van der Waals surface area contributed by atoms with E-state index < -0.39 is 11.0 Å². The van der Waals surface area contributed by atoms with E-state index in [0.717, 1.165) is 16.5 Å². The Hall–Kier alpha value is -2.75. The Labute approximate surface area is 190 Å². The van der Waals surface area contributed by atoms with Gasteiger partial charge in [0.25, 0.3) is 0 Å². The van der Waals surface area contributed by atoms with Crippen molar-refractivity contribution in [3.63, 3.8) is 0 Å². The lowest BCUT2D eigenvalue weighted by molar-refractivity contribution is -0.383. The lowest BCUT2D eigenvalue weighted by atomic mass is 10.0. The van der Waals surface area contributed by atoms with Crippen LogP contribution in [0.3, 0.4) is 0 Å². The van der Waals surface area contributed by atoms with Crippen molar-refractivity contribution in [1.82, 2.24) is 14.9 Å². The third-order valence-electron chi connectivity index (χ3n) is 4.72. The van der Waals surface area contributed by atoms with Crippen molar-refractivity contribution in [1.29, 1.82) is 0 Å². The Bertz CT molecular complexity index is 964. The van der Waals surface area contributed by atoms with Gasteiger partial charge in [0.2, 0.25) is 17.5 Å². The van der Waals surface area contributed by atoms with Crippen LogP contribution in [0, 0.1) is 17.0 Å². The molecule has 10 heteroatoms. The van der Waals surface area contributed by atoms with Gasteiger partial charge in [-0.3, -0.25) is 14.9 Å². The van der Waals surface area contributed by atoms with E-state index >= 15 is 0 Å². The quantitative estimate of drug-likeness (QED) is 0.374. The highest BCUT2D eigenvalue weighted by Gasteiger charge is 2.29. The standard InChI is InChI=1S/C21H29BrN6O3/c1-7-8-17(21(29)27(5)6)26-20-18(28(30)31)19(23-13(4)24-20)25-16-10-9-14(12(2)3)11-15(16)22/h9-12,17H,7-8H2,1-6H3,(H2,23,24,25,26). The van der Waals surface area contributed by atoms with Crippen LogP contribution in [0.2, 0.25) is 0 Å². The number of rotatable bonds is 9. The number of nitrogens with one attached hydrogen (secondary N) is 2. The maximum absolute atomic E-state index is 12.5. The number of aryl methyl sites for hydroxylation is 1. The van der Waals surface area contributed by atoms with E-state index in [9.17, 15) is 14.9 Å². The van der Waals surface area contributed by atoms with Gasteiger partial charge < -0.3 is 15.5 Å². The average Bonchev–Trinajstić information content (AvgIpc) is 2.67. The second-order valence-corrected chi connectivity index (χ2v) is 8.67. The second-order valence-electron chi connectivity index (χ2n) is 7.81. The van der Waals surface area contributed by atoms with Gasteiger partial charge in [-0.15, -0.1) is 0 Å². The second kappa shape index (κ2) is 10.5. The minimum atomic E-state index is -0.627. The minimum absolute atomic E-state index is 0.0172. The molecule has 31 heavy (non-hydrogen) atoms. The number of hydrogen-bond acceptors (Lipinski definition) is 7. The third-order valence-corrected chi connectivity index (χ3v) is 5.37. The molecular weight excluding hydrogens is 464 g/mol. The number of benzene rings is 1. The number of likely N-dealkylation sites (N-methyl/N-ethyl adjacent to an activating group) is 1. The van der Waals surface area contributed by atoms with Crippen molar-refractivity contribution in [2.75, 3.05) is 24.7 Å². The number of carbonyl (C=O) groups excluding carboxylic acids is 1. The molecule has 0 fully saturated rings. The molecule has 1 heterocycles. The van der Waals surface area contributed by atoms with Crippen molar-refractivity contribution in [2.24, 2.45) is 0 Å². The van der Waals surface area contributed by atoms with Crippen LogP contribution in [0.15, 0.2) is 22.7 Å². The lowest BCUT2D eigenvalue weighted by Gasteiger charge is -2.22. The Balaban J connectivity index is 2.49. The fraction of sp³-hybridized carbons (Fsp3) is 0.476. The highest BCUT2D eigenvalue weighted by Crippen LogP contribution is 2.35. The fourth-order valence-electron chi connectivity index (χ4n) is 3.07. The van der Waals surface area contributed by atoms with Crippen molar-refractivity contribution in [3.8, 4) is 0 Å². The highest BCUT2D eigenvalue weighted by molar-refractivity contribution is 9.10. The van der Waals surface area contributed by atoms with E-state index in [1.54, 1.807) is 21.0 Å². The summed E-state index contributed by atoms with van der Waals surface area (Å²) in [5.41, 5.74) is 1.47. The largest absolute Gasteiger partial charge is 0.353 e. The molecule has 2 N–H and O–H groups in total. The normalized spacial score (nSPS) is 11.9. The first-order valence-corrected chi connectivity index (χ1v) is 10.9. The summed E-state index contributed by atoms with van der Waals surface area (Å²) in [5.74, 6) is 0.600. The van der Waals surface area contributed by atoms with Crippen LogP contribution in [-0.4, -0.2) is 45.8 Å². The maximum atomic E-state index is 12.5. The number of carbonyl (C=O) groups is 1. The van der Waals surface area contributed by atoms with Crippen LogP contribution in [-0.2, 0) is 4.79 Å². The van der Waals surface area contributed by atoms with Gasteiger partial charge >= 0.3 is 5.69 Å². The molecule has 0 bridgehead atoms. The van der Waals surface area contributed by atoms with Gasteiger partial charge in [0.05, 0.1) is 10.6 Å². The Kier molecular flexibility index (Phi) is 8.32. The molecule has 0 aliphatic rings. The lowest BCUT2D eigenvalue weighted by Crippen LogP contribution is -2.39. The molecule has 1 amide bonds. The molecule has 0 spiro atoms. The van der Waals surface area contributed by atoms with Gasteiger partial charge in [0.15, 0.2) is 0 Å². The molecule has 1 unspecified atom stereocenters. The van der Waals surface area contributed by atoms with Crippen LogP contribution < -0.4 is 10.6 Å². The summed E-state index contributed by atoms with van der Waals surface area (Å²) in [4.78, 5) is 33.9. The molecule has 9 nitrogen and oxygen atoms in total. The van der Waals surface area contributed by atoms with E-state index in [4.69, 9.17) is 0 Å².